The van der Waals surface area contributed by atoms with Crippen molar-refractivity contribution in [2.75, 3.05) is 27.0 Å². The first-order valence-corrected chi connectivity index (χ1v) is 13.2. The highest BCUT2D eigenvalue weighted by Crippen LogP contribution is 2.62. The lowest BCUT2D eigenvalue weighted by Crippen LogP contribution is -2.41. The van der Waals surface area contributed by atoms with E-state index in [1.807, 2.05) is 0 Å². The maximum Gasteiger partial charge on any atom is 0.330 e. The second kappa shape index (κ2) is 9.01. The van der Waals surface area contributed by atoms with Crippen LogP contribution in [0.4, 0.5) is 0 Å². The number of hydrogen-bond donors (Lipinski definition) is 4. The Morgan fingerprint density at radius 1 is 1.23 bits per heavy atom. The van der Waals surface area contributed by atoms with Gasteiger partial charge in [-0.3, -0.25) is 28.0 Å². The molecular formula is C16H26N2O11P2. The standard InChI is InChI=1S/C16H26N2O11P2/c1-8-7-18(16(20)17-14(8)19)15-13(27-5-4-26-2)12(29-30(3,21)22)11(28-15)9-6-10(9)31(23,24)25/h7,9-13,15H,4-6H2,1-3H3,(H,21,22)(H,17,19,20)(H2,23,24,25). The van der Waals surface area contributed by atoms with E-state index in [0.29, 0.717) is 0 Å². The summed E-state index contributed by atoms with van der Waals surface area (Å²) < 4.78 is 46.8. The third-order valence-electron chi connectivity index (χ3n) is 5.22. The highest BCUT2D eigenvalue weighted by molar-refractivity contribution is 7.53. The molecule has 0 spiro atoms. The fourth-order valence-corrected chi connectivity index (χ4v) is 5.62. The topological polar surface area (TPSA) is 187 Å². The molecule has 7 atom stereocenters. The Balaban J connectivity index is 2.01. The largest absolute Gasteiger partial charge is 0.382 e. The van der Waals surface area contributed by atoms with Crippen LogP contribution < -0.4 is 11.2 Å². The van der Waals surface area contributed by atoms with E-state index in [-0.39, 0.29) is 25.2 Å². The van der Waals surface area contributed by atoms with Gasteiger partial charge in [0, 0.05) is 31.5 Å². The van der Waals surface area contributed by atoms with Crippen molar-refractivity contribution < 1.29 is 42.5 Å². The lowest BCUT2D eigenvalue weighted by atomic mass is 10.1. The van der Waals surface area contributed by atoms with Crippen molar-refractivity contribution in [3.05, 3.63) is 32.6 Å². The molecule has 0 radical (unpaired) electrons. The van der Waals surface area contributed by atoms with Gasteiger partial charge in [0.2, 0.25) is 0 Å². The van der Waals surface area contributed by atoms with Gasteiger partial charge in [0.05, 0.1) is 25.0 Å². The van der Waals surface area contributed by atoms with Crippen molar-refractivity contribution in [2.24, 2.45) is 5.92 Å². The molecule has 2 fully saturated rings. The Hall–Kier alpha value is -1.14. The van der Waals surface area contributed by atoms with Crippen molar-refractivity contribution in [3.63, 3.8) is 0 Å². The van der Waals surface area contributed by atoms with Gasteiger partial charge in [-0.05, 0) is 13.3 Å². The molecule has 4 N–H and O–H groups in total. The summed E-state index contributed by atoms with van der Waals surface area (Å²) in [7, 11) is -7.05. The minimum Gasteiger partial charge on any atom is -0.382 e. The maximum atomic E-state index is 12.4. The van der Waals surface area contributed by atoms with Crippen molar-refractivity contribution in [1.29, 1.82) is 0 Å². The number of aryl methyl sites for hydroxylation is 1. The third-order valence-corrected chi connectivity index (χ3v) is 7.31. The minimum atomic E-state index is -4.42. The third kappa shape index (κ3) is 5.62. The average molecular weight is 484 g/mol. The van der Waals surface area contributed by atoms with E-state index in [1.54, 1.807) is 0 Å². The maximum absolute atomic E-state index is 12.4. The van der Waals surface area contributed by atoms with Gasteiger partial charge in [0.25, 0.3) is 5.56 Å². The van der Waals surface area contributed by atoms with Crippen LogP contribution in [0.2, 0.25) is 0 Å². The first-order chi connectivity index (χ1) is 14.3. The predicted octanol–water partition coefficient (Wildman–Crippen LogP) is -0.459. The molecule has 1 aliphatic heterocycles. The molecule has 2 aliphatic rings. The molecule has 1 saturated heterocycles. The minimum absolute atomic E-state index is 0.0245. The van der Waals surface area contributed by atoms with Gasteiger partial charge in [-0.2, -0.15) is 0 Å². The van der Waals surface area contributed by atoms with E-state index in [9.17, 15) is 33.4 Å². The number of methoxy groups -OCH3 is 1. The zero-order valence-corrected chi connectivity index (χ0v) is 18.9. The Morgan fingerprint density at radius 3 is 2.45 bits per heavy atom. The Labute approximate surface area is 177 Å². The first kappa shape index (κ1) is 24.5. The van der Waals surface area contributed by atoms with Crippen LogP contribution in [0.3, 0.4) is 0 Å². The van der Waals surface area contributed by atoms with Gasteiger partial charge in [0.1, 0.15) is 12.2 Å². The average Bonchev–Trinajstić information content (AvgIpc) is 3.37. The van der Waals surface area contributed by atoms with Crippen molar-refractivity contribution in [3.8, 4) is 0 Å². The highest BCUT2D eigenvalue weighted by atomic mass is 31.2. The van der Waals surface area contributed by atoms with Crippen LogP contribution in [-0.2, 0) is 27.9 Å². The monoisotopic (exact) mass is 484 g/mol. The number of ether oxygens (including phenoxy) is 3. The zero-order valence-electron chi connectivity index (χ0n) is 17.1. The fourth-order valence-electron chi connectivity index (χ4n) is 3.74. The van der Waals surface area contributed by atoms with Gasteiger partial charge in [-0.25, -0.2) is 4.79 Å². The van der Waals surface area contributed by atoms with Crippen LogP contribution in [0.1, 0.15) is 18.2 Å². The lowest BCUT2D eigenvalue weighted by molar-refractivity contribution is -0.0794. The number of nitrogens with zero attached hydrogens (tertiary/aromatic N) is 1. The lowest BCUT2D eigenvalue weighted by Gasteiger charge is -2.26. The molecule has 1 aliphatic carbocycles. The van der Waals surface area contributed by atoms with E-state index in [4.69, 9.17) is 18.7 Å². The number of aromatic nitrogens is 2. The van der Waals surface area contributed by atoms with E-state index in [1.165, 1.54) is 20.2 Å². The zero-order chi connectivity index (χ0) is 23.1. The predicted molar refractivity (Wildman–Crippen MR) is 106 cm³/mol. The van der Waals surface area contributed by atoms with E-state index in [0.717, 1.165) is 11.2 Å². The molecule has 2 heterocycles. The second-order valence-corrected chi connectivity index (χ2v) is 11.4. The Kier molecular flexibility index (Phi) is 7.12. The van der Waals surface area contributed by atoms with Crippen molar-refractivity contribution in [1.82, 2.24) is 9.55 Å². The van der Waals surface area contributed by atoms with Crippen LogP contribution in [-0.4, -0.2) is 75.2 Å². The van der Waals surface area contributed by atoms with Crippen molar-refractivity contribution in [2.45, 2.75) is 43.5 Å². The van der Waals surface area contributed by atoms with Crippen LogP contribution in [0.25, 0.3) is 0 Å². The molecule has 1 aromatic heterocycles. The molecule has 0 aromatic carbocycles. The molecule has 7 unspecified atom stereocenters. The number of rotatable bonds is 9. The molecule has 0 bridgehead atoms. The summed E-state index contributed by atoms with van der Waals surface area (Å²) in [5.74, 6) is -0.671. The van der Waals surface area contributed by atoms with Gasteiger partial charge < -0.3 is 28.9 Å². The molecule has 176 valence electrons. The van der Waals surface area contributed by atoms with Gasteiger partial charge >= 0.3 is 20.9 Å². The van der Waals surface area contributed by atoms with Crippen LogP contribution in [0.15, 0.2) is 15.8 Å². The summed E-state index contributed by atoms with van der Waals surface area (Å²) in [6, 6.07) is 0. The number of nitrogens with one attached hydrogen (secondary N) is 1. The summed E-state index contributed by atoms with van der Waals surface area (Å²) in [4.78, 5) is 55.2. The van der Waals surface area contributed by atoms with E-state index < -0.39 is 62.6 Å². The normalized spacial score (nSPS) is 32.7. The number of hydrogen-bond acceptors (Lipinski definition) is 8. The Morgan fingerprint density at radius 2 is 1.90 bits per heavy atom. The summed E-state index contributed by atoms with van der Waals surface area (Å²) >= 11 is 0. The molecule has 15 heteroatoms. The molecule has 1 aromatic rings. The molecule has 13 nitrogen and oxygen atoms in total. The van der Waals surface area contributed by atoms with Crippen molar-refractivity contribution >= 4 is 15.2 Å². The smallest absolute Gasteiger partial charge is 0.330 e. The highest BCUT2D eigenvalue weighted by Gasteiger charge is 2.62. The molecule has 1 saturated carbocycles. The van der Waals surface area contributed by atoms with Crippen LogP contribution in [0.5, 0.6) is 0 Å². The quantitative estimate of drug-likeness (QED) is 0.262. The first-order valence-electron chi connectivity index (χ1n) is 9.45. The number of aromatic amines is 1. The van der Waals surface area contributed by atoms with Gasteiger partial charge in [-0.1, -0.05) is 0 Å². The Bertz CT molecular complexity index is 1010. The fraction of sp³-hybridized carbons (Fsp3) is 0.750. The van der Waals surface area contributed by atoms with Crippen LogP contribution >= 0.6 is 15.2 Å². The van der Waals surface area contributed by atoms with Gasteiger partial charge in [0.15, 0.2) is 6.23 Å². The molecular weight excluding hydrogens is 458 g/mol. The van der Waals surface area contributed by atoms with E-state index >= 15 is 0 Å². The van der Waals surface area contributed by atoms with Gasteiger partial charge in [-0.15, -0.1) is 0 Å². The summed E-state index contributed by atoms with van der Waals surface area (Å²) in [6.45, 7) is 2.64. The summed E-state index contributed by atoms with van der Waals surface area (Å²) in [6.07, 6.45) is -3.14. The molecule has 3 rings (SSSR count). The van der Waals surface area contributed by atoms with Crippen LogP contribution in [0, 0.1) is 12.8 Å². The second-order valence-electron chi connectivity index (χ2n) is 7.73. The summed E-state index contributed by atoms with van der Waals surface area (Å²) in [5.41, 5.74) is -2.17. The van der Waals surface area contributed by atoms with E-state index in [2.05, 4.69) is 4.98 Å². The molecule has 31 heavy (non-hydrogen) atoms. The molecule has 0 amide bonds. The summed E-state index contributed by atoms with van der Waals surface area (Å²) in [5, 5.41) is 0. The SMILES string of the molecule is COCCOC1C(OP(C)(=O)O)C(C2CC2P(=O)(O)O)OC1n1cc(C)c(=O)[nH]c1=O. The number of H-pyrrole nitrogens is 1.